The molecule has 0 atom stereocenters. The zero-order valence-electron chi connectivity index (χ0n) is 11.1. The Kier molecular flexibility index (Phi) is 4.81. The van der Waals surface area contributed by atoms with Gasteiger partial charge < -0.3 is 14.7 Å². The molecule has 100 valence electrons. The monoisotopic (exact) mass is 257 g/mol. The van der Waals surface area contributed by atoms with Crippen LogP contribution >= 0.6 is 0 Å². The highest BCUT2D eigenvalue weighted by Crippen LogP contribution is 2.19. The molecule has 0 fully saturated rings. The van der Waals surface area contributed by atoms with Gasteiger partial charge in [0.25, 0.3) is 0 Å². The molecule has 3 nitrogen and oxygen atoms in total. The summed E-state index contributed by atoms with van der Waals surface area (Å²) in [5.41, 5.74) is 2.27. The van der Waals surface area contributed by atoms with Crippen LogP contribution in [0.25, 0.3) is 0 Å². The van der Waals surface area contributed by atoms with E-state index in [2.05, 4.69) is 23.1 Å². The zero-order chi connectivity index (χ0) is 13.5. The number of hydrogen-bond donors (Lipinski definition) is 1. The van der Waals surface area contributed by atoms with Gasteiger partial charge in [-0.1, -0.05) is 30.3 Å². The van der Waals surface area contributed by atoms with Gasteiger partial charge in [0.2, 0.25) is 0 Å². The van der Waals surface area contributed by atoms with Crippen LogP contribution < -0.4 is 9.64 Å². The molecule has 0 aliphatic heterocycles. The van der Waals surface area contributed by atoms with Gasteiger partial charge in [-0.25, -0.2) is 0 Å². The molecule has 2 rings (SSSR count). The molecular weight excluding hydrogens is 238 g/mol. The summed E-state index contributed by atoms with van der Waals surface area (Å²) in [6.07, 6.45) is 0. The van der Waals surface area contributed by atoms with Crippen molar-refractivity contribution in [3.8, 4) is 5.75 Å². The van der Waals surface area contributed by atoms with Crippen LogP contribution in [0.2, 0.25) is 0 Å². The molecule has 0 aromatic heterocycles. The third kappa shape index (κ3) is 3.73. The number of hydrogen-bond acceptors (Lipinski definition) is 3. The molecule has 0 bridgehead atoms. The number of aliphatic hydroxyl groups is 1. The second kappa shape index (κ2) is 6.81. The smallest absolute Gasteiger partial charge is 0.119 e. The maximum Gasteiger partial charge on any atom is 0.119 e. The topological polar surface area (TPSA) is 32.7 Å². The maximum atomic E-state index is 9.21. The summed E-state index contributed by atoms with van der Waals surface area (Å²) < 4.78 is 5.23. The number of aliphatic hydroxyl groups excluding tert-OH is 1. The van der Waals surface area contributed by atoms with E-state index < -0.39 is 0 Å². The van der Waals surface area contributed by atoms with Gasteiger partial charge in [-0.15, -0.1) is 0 Å². The molecule has 1 N–H and O–H groups in total. The first-order valence-electron chi connectivity index (χ1n) is 6.37. The van der Waals surface area contributed by atoms with Gasteiger partial charge in [0, 0.05) is 18.8 Å². The van der Waals surface area contributed by atoms with Crippen LogP contribution in [0.1, 0.15) is 5.56 Å². The highest BCUT2D eigenvalue weighted by molar-refractivity contribution is 5.47. The van der Waals surface area contributed by atoms with Gasteiger partial charge in [0.05, 0.1) is 13.7 Å². The fourth-order valence-electron chi connectivity index (χ4n) is 2.05. The first kappa shape index (κ1) is 13.4. The molecule has 3 heteroatoms. The summed E-state index contributed by atoms with van der Waals surface area (Å²) in [5.74, 6) is 0.856. The summed E-state index contributed by atoms with van der Waals surface area (Å²) >= 11 is 0. The van der Waals surface area contributed by atoms with Gasteiger partial charge in [-0.3, -0.25) is 0 Å². The normalized spacial score (nSPS) is 10.2. The van der Waals surface area contributed by atoms with Crippen molar-refractivity contribution in [1.29, 1.82) is 0 Å². The van der Waals surface area contributed by atoms with Crippen LogP contribution in [0, 0.1) is 0 Å². The van der Waals surface area contributed by atoms with Gasteiger partial charge in [0.15, 0.2) is 0 Å². The van der Waals surface area contributed by atoms with E-state index in [-0.39, 0.29) is 6.61 Å². The summed E-state index contributed by atoms with van der Waals surface area (Å²) in [5, 5.41) is 9.21. The number of ether oxygens (including phenoxy) is 1. The molecule has 0 aliphatic rings. The van der Waals surface area contributed by atoms with Gasteiger partial charge in [-0.05, 0) is 29.8 Å². The summed E-state index contributed by atoms with van der Waals surface area (Å²) in [4.78, 5) is 2.15. The quantitative estimate of drug-likeness (QED) is 0.863. The third-order valence-corrected chi connectivity index (χ3v) is 3.00. The number of rotatable bonds is 6. The number of para-hydroxylation sites is 1. The van der Waals surface area contributed by atoms with Crippen molar-refractivity contribution < 1.29 is 9.84 Å². The molecule has 0 unspecified atom stereocenters. The van der Waals surface area contributed by atoms with Crippen molar-refractivity contribution in [2.45, 2.75) is 6.54 Å². The van der Waals surface area contributed by atoms with E-state index in [1.165, 1.54) is 0 Å². The highest BCUT2D eigenvalue weighted by atomic mass is 16.5. The molecule has 19 heavy (non-hydrogen) atoms. The lowest BCUT2D eigenvalue weighted by molar-refractivity contribution is 0.301. The van der Waals surface area contributed by atoms with Crippen LogP contribution in [0.5, 0.6) is 5.75 Å². The van der Waals surface area contributed by atoms with E-state index in [9.17, 15) is 5.11 Å². The Labute approximate surface area is 114 Å². The number of anilines is 1. The first-order valence-corrected chi connectivity index (χ1v) is 6.37. The predicted molar refractivity (Wildman–Crippen MR) is 77.6 cm³/mol. The Morgan fingerprint density at radius 2 is 1.84 bits per heavy atom. The number of methoxy groups -OCH3 is 1. The lowest BCUT2D eigenvalue weighted by atomic mass is 10.2. The Hall–Kier alpha value is -2.00. The lowest BCUT2D eigenvalue weighted by Crippen LogP contribution is -2.25. The highest BCUT2D eigenvalue weighted by Gasteiger charge is 2.07. The average molecular weight is 257 g/mol. The van der Waals surface area contributed by atoms with E-state index in [1.807, 2.05) is 36.4 Å². The van der Waals surface area contributed by atoms with Crippen LogP contribution in [0.4, 0.5) is 5.69 Å². The molecule has 0 heterocycles. The Balaban J connectivity index is 2.16. The molecule has 0 spiro atoms. The summed E-state index contributed by atoms with van der Waals surface area (Å²) in [6, 6.07) is 18.1. The minimum absolute atomic E-state index is 0.138. The van der Waals surface area contributed by atoms with Crippen LogP contribution in [-0.2, 0) is 6.54 Å². The third-order valence-electron chi connectivity index (χ3n) is 3.00. The zero-order valence-corrected chi connectivity index (χ0v) is 11.1. The first-order chi connectivity index (χ1) is 9.33. The van der Waals surface area contributed by atoms with E-state index in [0.29, 0.717) is 6.54 Å². The molecule has 0 radical (unpaired) electrons. The van der Waals surface area contributed by atoms with Gasteiger partial charge >= 0.3 is 0 Å². The second-order valence-corrected chi connectivity index (χ2v) is 4.33. The fourth-order valence-corrected chi connectivity index (χ4v) is 2.05. The molecular formula is C16H19NO2. The van der Waals surface area contributed by atoms with E-state index >= 15 is 0 Å². The Bertz CT molecular complexity index is 499. The molecule has 0 aliphatic carbocycles. The van der Waals surface area contributed by atoms with Gasteiger partial charge in [-0.2, -0.15) is 0 Å². The van der Waals surface area contributed by atoms with Gasteiger partial charge in [0.1, 0.15) is 5.75 Å². The lowest BCUT2D eigenvalue weighted by Gasteiger charge is -2.24. The van der Waals surface area contributed by atoms with E-state index in [1.54, 1.807) is 7.11 Å². The average Bonchev–Trinajstić information content (AvgIpc) is 2.48. The SMILES string of the molecule is COc1cccc(CN(CCO)c2ccccc2)c1. The molecule has 0 saturated heterocycles. The van der Waals surface area contributed by atoms with Crippen molar-refractivity contribution in [3.05, 3.63) is 60.2 Å². The van der Waals surface area contributed by atoms with E-state index in [4.69, 9.17) is 4.74 Å². The number of nitrogens with zero attached hydrogens (tertiary/aromatic N) is 1. The van der Waals surface area contributed by atoms with Crippen molar-refractivity contribution >= 4 is 5.69 Å². The maximum absolute atomic E-state index is 9.21. The number of benzene rings is 2. The van der Waals surface area contributed by atoms with Crippen LogP contribution in [-0.4, -0.2) is 25.4 Å². The molecule has 2 aromatic rings. The predicted octanol–water partition coefficient (Wildman–Crippen LogP) is 2.69. The summed E-state index contributed by atoms with van der Waals surface area (Å²) in [7, 11) is 1.67. The summed E-state index contributed by atoms with van der Waals surface area (Å²) in [6.45, 7) is 1.50. The minimum atomic E-state index is 0.138. The van der Waals surface area contributed by atoms with E-state index in [0.717, 1.165) is 23.5 Å². The largest absolute Gasteiger partial charge is 0.497 e. The Morgan fingerprint density at radius 3 is 2.53 bits per heavy atom. The van der Waals surface area contributed by atoms with Crippen molar-refractivity contribution in [3.63, 3.8) is 0 Å². The van der Waals surface area contributed by atoms with Crippen LogP contribution in [0.3, 0.4) is 0 Å². The standard InChI is InChI=1S/C16H19NO2/c1-19-16-9-5-6-14(12-16)13-17(10-11-18)15-7-3-2-4-8-15/h2-9,12,18H,10-11,13H2,1H3. The van der Waals surface area contributed by atoms with Crippen LogP contribution in [0.15, 0.2) is 54.6 Å². The Morgan fingerprint density at radius 1 is 1.05 bits per heavy atom. The van der Waals surface area contributed by atoms with Crippen molar-refractivity contribution in [1.82, 2.24) is 0 Å². The van der Waals surface area contributed by atoms with Crippen molar-refractivity contribution in [2.24, 2.45) is 0 Å². The minimum Gasteiger partial charge on any atom is -0.497 e. The fraction of sp³-hybridized carbons (Fsp3) is 0.250. The molecule has 2 aromatic carbocycles. The molecule has 0 saturated carbocycles. The molecule has 0 amide bonds. The second-order valence-electron chi connectivity index (χ2n) is 4.33. The van der Waals surface area contributed by atoms with Crippen molar-refractivity contribution in [2.75, 3.05) is 25.2 Å².